The van der Waals surface area contributed by atoms with E-state index in [4.69, 9.17) is 0 Å². The monoisotopic (exact) mass is 233 g/mol. The molecule has 0 bridgehead atoms. The predicted molar refractivity (Wildman–Crippen MR) is 65.4 cm³/mol. The molecule has 0 aliphatic rings. The van der Waals surface area contributed by atoms with E-state index in [1.165, 1.54) is 12.1 Å². The Balaban J connectivity index is 2.83. The third-order valence-corrected chi connectivity index (χ3v) is 2.32. The number of aliphatic hydroxyl groups excluding tert-OH is 1. The number of benzene rings is 1. The lowest BCUT2D eigenvalue weighted by molar-refractivity contribution is -0.386. The second-order valence-electron chi connectivity index (χ2n) is 3.64. The second kappa shape index (κ2) is 6.66. The van der Waals surface area contributed by atoms with Crippen molar-refractivity contribution in [2.24, 2.45) is 0 Å². The SMILES string of the molecule is CCCCC#CC(O)c1ccccc1[N+](=O)[O-]. The van der Waals surface area contributed by atoms with Crippen molar-refractivity contribution in [2.75, 3.05) is 0 Å². The number of hydrogen-bond donors (Lipinski definition) is 1. The Hall–Kier alpha value is -1.86. The highest BCUT2D eigenvalue weighted by atomic mass is 16.6. The number of nitro groups is 1. The number of hydrogen-bond acceptors (Lipinski definition) is 3. The van der Waals surface area contributed by atoms with Crippen LogP contribution in [0.2, 0.25) is 0 Å². The quantitative estimate of drug-likeness (QED) is 0.376. The highest BCUT2D eigenvalue weighted by Crippen LogP contribution is 2.23. The Bertz CT molecular complexity index is 445. The third-order valence-electron chi connectivity index (χ3n) is 2.32. The van der Waals surface area contributed by atoms with Gasteiger partial charge in [0.2, 0.25) is 0 Å². The van der Waals surface area contributed by atoms with E-state index in [0.717, 1.165) is 12.8 Å². The van der Waals surface area contributed by atoms with Gasteiger partial charge in [0.15, 0.2) is 0 Å². The fraction of sp³-hybridized carbons (Fsp3) is 0.385. The van der Waals surface area contributed by atoms with Crippen molar-refractivity contribution in [2.45, 2.75) is 32.3 Å². The van der Waals surface area contributed by atoms with Gasteiger partial charge in [-0.2, -0.15) is 0 Å². The molecule has 1 atom stereocenters. The van der Waals surface area contributed by atoms with Crippen LogP contribution in [0.4, 0.5) is 5.69 Å². The number of unbranched alkanes of at least 4 members (excludes halogenated alkanes) is 2. The molecular formula is C13H15NO3. The minimum atomic E-state index is -1.09. The van der Waals surface area contributed by atoms with E-state index in [2.05, 4.69) is 18.8 Å². The Morgan fingerprint density at radius 2 is 2.18 bits per heavy atom. The van der Waals surface area contributed by atoms with Gasteiger partial charge in [-0.25, -0.2) is 0 Å². The molecule has 4 nitrogen and oxygen atoms in total. The lowest BCUT2D eigenvalue weighted by Gasteiger charge is -2.04. The number of nitrogens with zero attached hydrogens (tertiary/aromatic N) is 1. The second-order valence-corrected chi connectivity index (χ2v) is 3.64. The van der Waals surface area contributed by atoms with Crippen molar-refractivity contribution in [1.82, 2.24) is 0 Å². The Morgan fingerprint density at radius 1 is 1.47 bits per heavy atom. The zero-order valence-corrected chi connectivity index (χ0v) is 9.72. The van der Waals surface area contributed by atoms with Gasteiger partial charge in [0.25, 0.3) is 5.69 Å². The molecule has 0 saturated carbocycles. The van der Waals surface area contributed by atoms with Crippen LogP contribution >= 0.6 is 0 Å². The molecule has 0 spiro atoms. The lowest BCUT2D eigenvalue weighted by Crippen LogP contribution is -2.00. The lowest BCUT2D eigenvalue weighted by atomic mass is 10.1. The van der Waals surface area contributed by atoms with E-state index in [-0.39, 0.29) is 11.3 Å². The first-order valence-corrected chi connectivity index (χ1v) is 5.56. The highest BCUT2D eigenvalue weighted by Gasteiger charge is 2.17. The van der Waals surface area contributed by atoms with Crippen LogP contribution in [-0.4, -0.2) is 10.0 Å². The van der Waals surface area contributed by atoms with E-state index in [1.807, 2.05) is 0 Å². The van der Waals surface area contributed by atoms with Gasteiger partial charge >= 0.3 is 0 Å². The van der Waals surface area contributed by atoms with Gasteiger partial charge < -0.3 is 5.11 Å². The molecule has 1 aromatic rings. The molecule has 0 fully saturated rings. The van der Waals surface area contributed by atoms with Crippen LogP contribution in [0.25, 0.3) is 0 Å². The van der Waals surface area contributed by atoms with Gasteiger partial charge in [-0.1, -0.05) is 31.4 Å². The molecular weight excluding hydrogens is 218 g/mol. The maximum atomic E-state index is 10.7. The van der Waals surface area contributed by atoms with Gasteiger partial charge in [-0.3, -0.25) is 10.1 Å². The Morgan fingerprint density at radius 3 is 2.82 bits per heavy atom. The molecule has 0 radical (unpaired) electrons. The maximum Gasteiger partial charge on any atom is 0.276 e. The van der Waals surface area contributed by atoms with Crippen LogP contribution in [0.15, 0.2) is 24.3 Å². The van der Waals surface area contributed by atoms with Crippen LogP contribution in [0.5, 0.6) is 0 Å². The van der Waals surface area contributed by atoms with E-state index in [9.17, 15) is 15.2 Å². The average Bonchev–Trinajstić information content (AvgIpc) is 2.34. The summed E-state index contributed by atoms with van der Waals surface area (Å²) in [5.41, 5.74) is 0.159. The van der Waals surface area contributed by atoms with Gasteiger partial charge in [-0.05, 0) is 12.5 Å². The van der Waals surface area contributed by atoms with Crippen LogP contribution in [0.3, 0.4) is 0 Å². The molecule has 1 unspecified atom stereocenters. The van der Waals surface area contributed by atoms with E-state index in [0.29, 0.717) is 6.42 Å². The van der Waals surface area contributed by atoms with Crippen molar-refractivity contribution in [1.29, 1.82) is 0 Å². The normalized spacial score (nSPS) is 11.4. The summed E-state index contributed by atoms with van der Waals surface area (Å²) in [6.45, 7) is 2.06. The number of rotatable bonds is 4. The summed E-state index contributed by atoms with van der Waals surface area (Å²) in [6.07, 6.45) is 1.62. The van der Waals surface area contributed by atoms with Gasteiger partial charge in [0, 0.05) is 12.5 Å². The molecule has 1 rings (SSSR count). The number of nitro benzene ring substituents is 1. The molecule has 0 heterocycles. The first-order chi connectivity index (χ1) is 8.16. The molecule has 17 heavy (non-hydrogen) atoms. The molecule has 0 aliphatic heterocycles. The smallest absolute Gasteiger partial charge is 0.276 e. The summed E-state index contributed by atoms with van der Waals surface area (Å²) in [4.78, 5) is 10.2. The summed E-state index contributed by atoms with van der Waals surface area (Å²) in [5.74, 6) is 5.46. The van der Waals surface area contributed by atoms with Crippen molar-refractivity contribution in [3.05, 3.63) is 39.9 Å². The molecule has 0 aliphatic carbocycles. The van der Waals surface area contributed by atoms with Crippen molar-refractivity contribution in [3.8, 4) is 11.8 Å². The van der Waals surface area contributed by atoms with E-state index < -0.39 is 11.0 Å². The molecule has 1 aromatic carbocycles. The first-order valence-electron chi connectivity index (χ1n) is 5.56. The van der Waals surface area contributed by atoms with Crippen molar-refractivity contribution >= 4 is 5.69 Å². The summed E-state index contributed by atoms with van der Waals surface area (Å²) < 4.78 is 0. The number of para-hydroxylation sites is 1. The largest absolute Gasteiger partial charge is 0.376 e. The maximum absolute atomic E-state index is 10.7. The molecule has 90 valence electrons. The fourth-order valence-corrected chi connectivity index (χ4v) is 1.40. The van der Waals surface area contributed by atoms with Gasteiger partial charge in [0.1, 0.15) is 6.10 Å². The van der Waals surface area contributed by atoms with E-state index in [1.54, 1.807) is 12.1 Å². The average molecular weight is 233 g/mol. The first kappa shape index (κ1) is 13.2. The fourth-order valence-electron chi connectivity index (χ4n) is 1.40. The van der Waals surface area contributed by atoms with Crippen molar-refractivity contribution < 1.29 is 10.0 Å². The van der Waals surface area contributed by atoms with E-state index >= 15 is 0 Å². The highest BCUT2D eigenvalue weighted by molar-refractivity contribution is 5.43. The topological polar surface area (TPSA) is 63.4 Å². The predicted octanol–water partition coefficient (Wildman–Crippen LogP) is 2.82. The molecule has 0 saturated heterocycles. The summed E-state index contributed by atoms with van der Waals surface area (Å²) >= 11 is 0. The molecule has 0 amide bonds. The third kappa shape index (κ3) is 3.89. The zero-order valence-electron chi connectivity index (χ0n) is 9.72. The van der Waals surface area contributed by atoms with Crippen LogP contribution in [0, 0.1) is 22.0 Å². The summed E-state index contributed by atoms with van der Waals surface area (Å²) in [5, 5.41) is 20.5. The van der Waals surface area contributed by atoms with Crippen molar-refractivity contribution in [3.63, 3.8) is 0 Å². The van der Waals surface area contributed by atoms with Crippen LogP contribution in [0.1, 0.15) is 37.9 Å². The number of aliphatic hydroxyl groups is 1. The Kier molecular flexibility index (Phi) is 5.18. The van der Waals surface area contributed by atoms with Gasteiger partial charge in [-0.15, -0.1) is 5.92 Å². The minimum absolute atomic E-state index is 0.0928. The molecule has 0 aromatic heterocycles. The van der Waals surface area contributed by atoms with Crippen LogP contribution in [-0.2, 0) is 0 Å². The van der Waals surface area contributed by atoms with Gasteiger partial charge in [0.05, 0.1) is 10.5 Å². The molecule has 1 N–H and O–H groups in total. The summed E-state index contributed by atoms with van der Waals surface area (Å²) in [6, 6.07) is 6.11. The summed E-state index contributed by atoms with van der Waals surface area (Å²) in [7, 11) is 0. The Labute approximate surface area is 100 Å². The van der Waals surface area contributed by atoms with Crippen LogP contribution < -0.4 is 0 Å². The standard InChI is InChI=1S/C13H15NO3/c1-2-3-4-5-10-13(15)11-8-6-7-9-12(11)14(16)17/h6-9,13,15H,2-4H2,1H3. The molecule has 4 heteroatoms. The zero-order chi connectivity index (χ0) is 12.7. The minimum Gasteiger partial charge on any atom is -0.376 e.